The van der Waals surface area contributed by atoms with Crippen LogP contribution in [0.5, 0.6) is 5.75 Å². The van der Waals surface area contributed by atoms with E-state index in [1.165, 1.54) is 43.4 Å². The van der Waals surface area contributed by atoms with E-state index in [-0.39, 0.29) is 0 Å². The van der Waals surface area contributed by atoms with Gasteiger partial charge in [-0.15, -0.1) is 0 Å². The number of methoxy groups -OCH3 is 1. The van der Waals surface area contributed by atoms with Crippen LogP contribution in [0, 0.1) is 19.3 Å². The Morgan fingerprint density at radius 1 is 1.29 bits per heavy atom. The molecule has 1 aromatic heterocycles. The third-order valence-corrected chi connectivity index (χ3v) is 5.33. The average Bonchev–Trinajstić information content (AvgIpc) is 2.47. The van der Waals surface area contributed by atoms with Gasteiger partial charge in [0.1, 0.15) is 5.75 Å². The predicted octanol–water partition coefficient (Wildman–Crippen LogP) is 3.81. The number of likely N-dealkylation sites (N-methyl/N-ethyl adjacent to an activating group) is 1. The van der Waals surface area contributed by atoms with E-state index in [1.807, 2.05) is 6.20 Å². The fraction of sp³-hybridized carbons (Fsp3) is 0.722. The summed E-state index contributed by atoms with van der Waals surface area (Å²) in [6, 6.07) is 0.483. The molecule has 0 aliphatic heterocycles. The number of ether oxygens (including phenoxy) is 1. The van der Waals surface area contributed by atoms with Crippen LogP contribution in [0.25, 0.3) is 0 Å². The second-order valence-electron chi connectivity index (χ2n) is 6.81. The van der Waals surface area contributed by atoms with Crippen LogP contribution in [0.15, 0.2) is 6.20 Å². The van der Waals surface area contributed by atoms with Crippen molar-refractivity contribution in [2.45, 2.75) is 65.3 Å². The maximum Gasteiger partial charge on any atom is 0.128 e. The number of aromatic nitrogens is 1. The van der Waals surface area contributed by atoms with E-state index < -0.39 is 0 Å². The molecule has 1 saturated carbocycles. The van der Waals surface area contributed by atoms with E-state index in [1.54, 1.807) is 7.11 Å². The van der Waals surface area contributed by atoms with Gasteiger partial charge >= 0.3 is 0 Å². The van der Waals surface area contributed by atoms with Gasteiger partial charge in [0.15, 0.2) is 0 Å². The van der Waals surface area contributed by atoms with Crippen molar-refractivity contribution in [1.29, 1.82) is 0 Å². The van der Waals surface area contributed by atoms with E-state index >= 15 is 0 Å². The molecule has 1 fully saturated rings. The summed E-state index contributed by atoms with van der Waals surface area (Å²) in [6.45, 7) is 6.62. The molecule has 3 nitrogen and oxygen atoms in total. The van der Waals surface area contributed by atoms with Gasteiger partial charge in [-0.1, -0.05) is 26.2 Å². The summed E-state index contributed by atoms with van der Waals surface area (Å²) in [6.07, 6.45) is 9.67. The highest BCUT2D eigenvalue weighted by atomic mass is 16.5. The zero-order valence-electron chi connectivity index (χ0n) is 14.3. The Kier molecular flexibility index (Phi) is 5.26. The van der Waals surface area contributed by atoms with Crippen molar-refractivity contribution in [1.82, 2.24) is 10.3 Å². The number of nitrogens with zero attached hydrogens (tertiary/aromatic N) is 1. The van der Waals surface area contributed by atoms with Gasteiger partial charge in [0.25, 0.3) is 0 Å². The summed E-state index contributed by atoms with van der Waals surface area (Å²) in [4.78, 5) is 4.68. The Morgan fingerprint density at radius 3 is 2.52 bits per heavy atom. The van der Waals surface area contributed by atoms with Crippen LogP contribution < -0.4 is 10.1 Å². The molecule has 118 valence electrons. The molecule has 21 heavy (non-hydrogen) atoms. The van der Waals surface area contributed by atoms with Crippen molar-refractivity contribution in [3.8, 4) is 5.75 Å². The lowest BCUT2D eigenvalue weighted by Gasteiger charge is -2.41. The first kappa shape index (κ1) is 16.3. The van der Waals surface area contributed by atoms with Gasteiger partial charge in [-0.05, 0) is 39.2 Å². The Bertz CT molecular complexity index is 478. The van der Waals surface area contributed by atoms with Gasteiger partial charge in [-0.3, -0.25) is 4.98 Å². The molecule has 1 N–H and O–H groups in total. The van der Waals surface area contributed by atoms with Gasteiger partial charge < -0.3 is 10.1 Å². The summed E-state index contributed by atoms with van der Waals surface area (Å²) in [5, 5.41) is 3.56. The van der Waals surface area contributed by atoms with Crippen LogP contribution in [0.4, 0.5) is 0 Å². The molecule has 3 heteroatoms. The summed E-state index contributed by atoms with van der Waals surface area (Å²) >= 11 is 0. The molecule has 0 aromatic carbocycles. The third kappa shape index (κ3) is 3.39. The molecular weight excluding hydrogens is 260 g/mol. The maximum absolute atomic E-state index is 5.54. The lowest BCUT2D eigenvalue weighted by molar-refractivity contribution is 0.148. The lowest BCUT2D eigenvalue weighted by Crippen LogP contribution is -2.44. The highest BCUT2D eigenvalue weighted by molar-refractivity contribution is 5.41. The number of aryl methyl sites for hydroxylation is 1. The number of hydrogen-bond donors (Lipinski definition) is 1. The Morgan fingerprint density at radius 2 is 1.95 bits per heavy atom. The van der Waals surface area contributed by atoms with E-state index in [0.717, 1.165) is 17.7 Å². The third-order valence-electron chi connectivity index (χ3n) is 5.33. The second kappa shape index (κ2) is 6.78. The average molecular weight is 290 g/mol. The first-order valence-corrected chi connectivity index (χ1v) is 8.18. The summed E-state index contributed by atoms with van der Waals surface area (Å²) in [5.41, 5.74) is 3.86. The minimum absolute atomic E-state index is 0.388. The first-order chi connectivity index (χ1) is 10.0. The Hall–Kier alpha value is -1.09. The van der Waals surface area contributed by atoms with Crippen molar-refractivity contribution >= 4 is 0 Å². The molecule has 0 amide bonds. The highest BCUT2D eigenvalue weighted by Gasteiger charge is 2.35. The van der Waals surface area contributed by atoms with E-state index in [0.29, 0.717) is 11.5 Å². The molecular formula is C18H30N2O. The lowest BCUT2D eigenvalue weighted by atomic mass is 9.69. The smallest absolute Gasteiger partial charge is 0.128 e. The molecule has 1 unspecified atom stereocenters. The van der Waals surface area contributed by atoms with Crippen LogP contribution in [0.2, 0.25) is 0 Å². The van der Waals surface area contributed by atoms with Crippen LogP contribution in [0.3, 0.4) is 0 Å². The molecule has 2 rings (SSSR count). The van der Waals surface area contributed by atoms with Crippen molar-refractivity contribution < 1.29 is 4.74 Å². The Labute approximate surface area is 129 Å². The van der Waals surface area contributed by atoms with E-state index in [4.69, 9.17) is 4.74 Å². The number of hydrogen-bond acceptors (Lipinski definition) is 3. The normalized spacial score (nSPS) is 19.3. The number of nitrogens with one attached hydrogen (secondary N) is 1. The van der Waals surface area contributed by atoms with Crippen molar-refractivity contribution in [2.24, 2.45) is 5.41 Å². The maximum atomic E-state index is 5.54. The summed E-state index contributed by atoms with van der Waals surface area (Å²) < 4.78 is 5.54. The molecule has 1 atom stereocenters. The quantitative estimate of drug-likeness (QED) is 0.895. The zero-order chi connectivity index (χ0) is 15.5. The van der Waals surface area contributed by atoms with E-state index in [2.05, 4.69) is 38.1 Å². The van der Waals surface area contributed by atoms with Crippen LogP contribution >= 0.6 is 0 Å². The van der Waals surface area contributed by atoms with E-state index in [9.17, 15) is 0 Å². The van der Waals surface area contributed by atoms with Crippen molar-refractivity contribution in [2.75, 3.05) is 14.2 Å². The largest absolute Gasteiger partial charge is 0.496 e. The van der Waals surface area contributed by atoms with Gasteiger partial charge in [-0.2, -0.15) is 0 Å². The Balaban J connectivity index is 2.22. The highest BCUT2D eigenvalue weighted by Crippen LogP contribution is 2.40. The van der Waals surface area contributed by atoms with Crippen LogP contribution in [0.1, 0.15) is 55.8 Å². The molecule has 1 aliphatic carbocycles. The van der Waals surface area contributed by atoms with Crippen LogP contribution in [-0.4, -0.2) is 25.2 Å². The zero-order valence-corrected chi connectivity index (χ0v) is 14.3. The molecule has 1 aliphatic rings. The standard InChI is InChI=1S/C18H30N2O/c1-13-12-20-15(14(2)17(13)21-5)11-16(19-4)18(3)9-7-6-8-10-18/h12,16,19H,6-11H2,1-5H3. The minimum Gasteiger partial charge on any atom is -0.496 e. The van der Waals surface area contributed by atoms with Crippen LogP contribution in [-0.2, 0) is 6.42 Å². The molecule has 1 aromatic rings. The topological polar surface area (TPSA) is 34.2 Å². The molecule has 0 bridgehead atoms. The fourth-order valence-corrected chi connectivity index (χ4v) is 3.88. The number of pyridine rings is 1. The molecule has 1 heterocycles. The summed E-state index contributed by atoms with van der Waals surface area (Å²) in [5.74, 6) is 0.989. The molecule has 0 saturated heterocycles. The summed E-state index contributed by atoms with van der Waals surface area (Å²) in [7, 11) is 3.84. The van der Waals surface area contributed by atoms with Gasteiger partial charge in [0, 0.05) is 35.5 Å². The second-order valence-corrected chi connectivity index (χ2v) is 6.81. The fourth-order valence-electron chi connectivity index (χ4n) is 3.88. The van der Waals surface area contributed by atoms with Crippen molar-refractivity contribution in [3.63, 3.8) is 0 Å². The van der Waals surface area contributed by atoms with Gasteiger partial charge in [0.05, 0.1) is 7.11 Å². The first-order valence-electron chi connectivity index (χ1n) is 8.18. The number of rotatable bonds is 5. The molecule has 0 spiro atoms. The molecule has 0 radical (unpaired) electrons. The predicted molar refractivity (Wildman–Crippen MR) is 88.0 cm³/mol. The van der Waals surface area contributed by atoms with Gasteiger partial charge in [0.2, 0.25) is 0 Å². The van der Waals surface area contributed by atoms with Crippen molar-refractivity contribution in [3.05, 3.63) is 23.0 Å². The monoisotopic (exact) mass is 290 g/mol. The minimum atomic E-state index is 0.388. The SMILES string of the molecule is CNC(Cc1ncc(C)c(OC)c1C)C1(C)CCCCC1. The van der Waals surface area contributed by atoms with Gasteiger partial charge in [-0.25, -0.2) is 0 Å².